The number of amides is 1. The summed E-state index contributed by atoms with van der Waals surface area (Å²) in [6, 6.07) is 9.45. The molecule has 5 nitrogen and oxygen atoms in total. The summed E-state index contributed by atoms with van der Waals surface area (Å²) in [6.07, 6.45) is 0. The Morgan fingerprint density at radius 2 is 1.79 bits per heavy atom. The predicted octanol–water partition coefficient (Wildman–Crippen LogP) is 2.50. The molecular formula is C13H9FN2O3. The third kappa shape index (κ3) is 2.42. The zero-order chi connectivity index (χ0) is 14.0. The number of nitro benzene ring substituents is 1. The summed E-state index contributed by atoms with van der Waals surface area (Å²) in [7, 11) is 0. The van der Waals surface area contributed by atoms with E-state index < -0.39 is 16.6 Å². The lowest BCUT2D eigenvalue weighted by atomic mass is 9.98. The molecule has 96 valence electrons. The van der Waals surface area contributed by atoms with E-state index in [4.69, 9.17) is 5.73 Å². The van der Waals surface area contributed by atoms with E-state index in [9.17, 15) is 19.3 Å². The van der Waals surface area contributed by atoms with Gasteiger partial charge in [0.15, 0.2) is 0 Å². The summed E-state index contributed by atoms with van der Waals surface area (Å²) in [5.41, 5.74) is 5.45. The van der Waals surface area contributed by atoms with Gasteiger partial charge in [0.1, 0.15) is 11.4 Å². The fourth-order valence-electron chi connectivity index (χ4n) is 1.82. The van der Waals surface area contributed by atoms with Gasteiger partial charge in [-0.05, 0) is 17.7 Å². The lowest BCUT2D eigenvalue weighted by molar-refractivity contribution is -0.385. The maximum Gasteiger partial charge on any atom is 0.282 e. The van der Waals surface area contributed by atoms with Gasteiger partial charge in [0.2, 0.25) is 0 Å². The number of carbonyl (C=O) groups is 1. The summed E-state index contributed by atoms with van der Waals surface area (Å²) in [4.78, 5) is 21.7. The Labute approximate surface area is 107 Å². The van der Waals surface area contributed by atoms with Crippen LogP contribution in [0.1, 0.15) is 10.4 Å². The zero-order valence-electron chi connectivity index (χ0n) is 9.67. The highest BCUT2D eigenvalue weighted by Crippen LogP contribution is 2.30. The lowest BCUT2D eigenvalue weighted by Gasteiger charge is -2.07. The third-order valence-electron chi connectivity index (χ3n) is 2.64. The summed E-state index contributed by atoms with van der Waals surface area (Å²) in [5.74, 6) is -1.33. The number of hydrogen-bond donors (Lipinski definition) is 1. The van der Waals surface area contributed by atoms with Crippen molar-refractivity contribution in [2.75, 3.05) is 0 Å². The van der Waals surface area contributed by atoms with Crippen LogP contribution >= 0.6 is 0 Å². The van der Waals surface area contributed by atoms with Gasteiger partial charge in [-0.2, -0.15) is 0 Å². The monoisotopic (exact) mass is 260 g/mol. The summed E-state index contributed by atoms with van der Waals surface area (Å²) >= 11 is 0. The quantitative estimate of drug-likeness (QED) is 0.679. The van der Waals surface area contributed by atoms with Crippen molar-refractivity contribution < 1.29 is 14.1 Å². The number of benzene rings is 2. The predicted molar refractivity (Wildman–Crippen MR) is 67.0 cm³/mol. The highest BCUT2D eigenvalue weighted by atomic mass is 19.1. The van der Waals surface area contributed by atoms with Crippen molar-refractivity contribution >= 4 is 11.6 Å². The molecule has 0 heterocycles. The molecule has 2 rings (SSSR count). The van der Waals surface area contributed by atoms with Crippen LogP contribution in [0, 0.1) is 15.9 Å². The summed E-state index contributed by atoms with van der Waals surface area (Å²) < 4.78 is 12.9. The average Bonchev–Trinajstić information content (AvgIpc) is 2.38. The van der Waals surface area contributed by atoms with Crippen molar-refractivity contribution in [1.29, 1.82) is 0 Å². The Morgan fingerprint density at radius 3 is 2.32 bits per heavy atom. The molecule has 0 saturated carbocycles. The minimum atomic E-state index is -0.897. The van der Waals surface area contributed by atoms with Crippen LogP contribution in [-0.2, 0) is 0 Å². The molecule has 1 amide bonds. The van der Waals surface area contributed by atoms with Crippen molar-refractivity contribution in [1.82, 2.24) is 0 Å². The van der Waals surface area contributed by atoms with Crippen molar-refractivity contribution in [3.05, 3.63) is 64.0 Å². The second-order valence-corrected chi connectivity index (χ2v) is 3.83. The van der Waals surface area contributed by atoms with Crippen LogP contribution in [0.2, 0.25) is 0 Å². The molecule has 0 aliphatic heterocycles. The van der Waals surface area contributed by atoms with E-state index in [0.29, 0.717) is 11.1 Å². The first-order valence-corrected chi connectivity index (χ1v) is 5.34. The van der Waals surface area contributed by atoms with E-state index in [2.05, 4.69) is 0 Å². The van der Waals surface area contributed by atoms with Crippen LogP contribution in [0.25, 0.3) is 11.1 Å². The average molecular weight is 260 g/mol. The molecule has 0 aliphatic rings. The number of halogens is 1. The molecule has 0 radical (unpaired) electrons. The molecule has 2 aromatic rings. The fraction of sp³-hybridized carbons (Fsp3) is 0. The van der Waals surface area contributed by atoms with Gasteiger partial charge in [0.25, 0.3) is 11.6 Å². The Balaban J connectivity index is 2.69. The van der Waals surface area contributed by atoms with Crippen LogP contribution in [0.3, 0.4) is 0 Å². The standard InChI is InChI=1S/C13H9FN2O3/c14-9-6-4-8(5-7-9)10-2-1-3-11(16(18)19)12(10)13(15)17/h1-7H,(H2,15,17). The molecular weight excluding hydrogens is 251 g/mol. The first-order chi connectivity index (χ1) is 9.00. The van der Waals surface area contributed by atoms with Crippen LogP contribution < -0.4 is 5.73 Å². The van der Waals surface area contributed by atoms with Gasteiger partial charge >= 0.3 is 0 Å². The Kier molecular flexibility index (Phi) is 3.24. The van der Waals surface area contributed by atoms with Gasteiger partial charge in [-0.25, -0.2) is 4.39 Å². The SMILES string of the molecule is NC(=O)c1c(-c2ccc(F)cc2)cccc1[N+](=O)[O-]. The Bertz CT molecular complexity index is 653. The van der Waals surface area contributed by atoms with Gasteiger partial charge in [-0.15, -0.1) is 0 Å². The molecule has 0 saturated heterocycles. The molecule has 2 aromatic carbocycles. The first-order valence-electron chi connectivity index (χ1n) is 5.34. The Morgan fingerprint density at radius 1 is 1.16 bits per heavy atom. The normalized spacial score (nSPS) is 10.2. The molecule has 0 unspecified atom stereocenters. The summed E-state index contributed by atoms with van der Waals surface area (Å²) in [6.45, 7) is 0. The molecule has 0 aromatic heterocycles. The second kappa shape index (κ2) is 4.85. The number of hydrogen-bond acceptors (Lipinski definition) is 3. The maximum absolute atomic E-state index is 12.9. The molecule has 0 spiro atoms. The largest absolute Gasteiger partial charge is 0.365 e. The third-order valence-corrected chi connectivity index (χ3v) is 2.64. The van der Waals surface area contributed by atoms with E-state index >= 15 is 0 Å². The molecule has 6 heteroatoms. The first kappa shape index (κ1) is 12.7. The number of nitro groups is 1. The second-order valence-electron chi connectivity index (χ2n) is 3.83. The topological polar surface area (TPSA) is 86.2 Å². The molecule has 0 fully saturated rings. The van der Waals surface area contributed by atoms with Crippen LogP contribution in [-0.4, -0.2) is 10.8 Å². The van der Waals surface area contributed by atoms with Gasteiger partial charge in [-0.1, -0.05) is 24.3 Å². The lowest BCUT2D eigenvalue weighted by Crippen LogP contribution is -2.14. The minimum absolute atomic E-state index is 0.181. The molecule has 19 heavy (non-hydrogen) atoms. The van der Waals surface area contributed by atoms with Crippen molar-refractivity contribution in [2.45, 2.75) is 0 Å². The smallest absolute Gasteiger partial charge is 0.282 e. The minimum Gasteiger partial charge on any atom is -0.365 e. The van der Waals surface area contributed by atoms with Gasteiger partial charge in [-0.3, -0.25) is 14.9 Å². The van der Waals surface area contributed by atoms with E-state index in [-0.39, 0.29) is 11.3 Å². The number of carbonyl (C=O) groups excluding carboxylic acids is 1. The van der Waals surface area contributed by atoms with Gasteiger partial charge in [0, 0.05) is 11.6 Å². The van der Waals surface area contributed by atoms with Crippen LogP contribution in [0.4, 0.5) is 10.1 Å². The zero-order valence-corrected chi connectivity index (χ0v) is 9.67. The molecule has 0 aliphatic carbocycles. The Hall–Kier alpha value is -2.76. The van der Waals surface area contributed by atoms with E-state index in [1.165, 1.54) is 42.5 Å². The summed E-state index contributed by atoms with van der Waals surface area (Å²) in [5, 5.41) is 10.9. The maximum atomic E-state index is 12.9. The number of nitrogens with zero attached hydrogens (tertiary/aromatic N) is 1. The number of primary amides is 1. The number of rotatable bonds is 3. The highest BCUT2D eigenvalue weighted by molar-refractivity contribution is 6.03. The van der Waals surface area contributed by atoms with Gasteiger partial charge < -0.3 is 5.73 Å². The molecule has 0 atom stereocenters. The van der Waals surface area contributed by atoms with E-state index in [1.54, 1.807) is 0 Å². The van der Waals surface area contributed by atoms with Crippen molar-refractivity contribution in [3.63, 3.8) is 0 Å². The highest BCUT2D eigenvalue weighted by Gasteiger charge is 2.22. The molecule has 2 N–H and O–H groups in total. The van der Waals surface area contributed by atoms with E-state index in [0.717, 1.165) is 0 Å². The fourth-order valence-corrected chi connectivity index (χ4v) is 1.82. The van der Waals surface area contributed by atoms with Crippen LogP contribution in [0.5, 0.6) is 0 Å². The van der Waals surface area contributed by atoms with Gasteiger partial charge in [0.05, 0.1) is 4.92 Å². The van der Waals surface area contributed by atoms with Crippen molar-refractivity contribution in [3.8, 4) is 11.1 Å². The van der Waals surface area contributed by atoms with E-state index in [1.807, 2.05) is 0 Å². The van der Waals surface area contributed by atoms with Crippen LogP contribution in [0.15, 0.2) is 42.5 Å². The number of nitrogens with two attached hydrogens (primary N) is 1. The molecule has 0 bridgehead atoms. The van der Waals surface area contributed by atoms with Crippen molar-refractivity contribution in [2.24, 2.45) is 5.73 Å².